The Bertz CT molecular complexity index is 4010. The zero-order valence-electron chi connectivity index (χ0n) is 36.3. The largest absolute Gasteiger partial charge is 0.456 e. The van der Waals surface area contributed by atoms with Gasteiger partial charge in [-0.1, -0.05) is 164 Å². The average Bonchev–Trinajstić information content (AvgIpc) is 3.93. The molecule has 2 aromatic heterocycles. The minimum Gasteiger partial charge on any atom is -0.456 e. The van der Waals surface area contributed by atoms with Crippen LogP contribution in [0.5, 0.6) is 0 Å². The molecule has 0 bridgehead atoms. The highest BCUT2D eigenvalue weighted by molar-refractivity contribution is 6.16. The molecule has 0 atom stereocenters. The van der Waals surface area contributed by atoms with E-state index in [-0.39, 0.29) is 0 Å². The molecular weight excluding hydrogens is 801 g/mol. The highest BCUT2D eigenvalue weighted by atomic mass is 16.3. The van der Waals surface area contributed by atoms with Gasteiger partial charge in [0.25, 0.3) is 0 Å². The Hall–Kier alpha value is -8.66. The zero-order chi connectivity index (χ0) is 43.7. The summed E-state index contributed by atoms with van der Waals surface area (Å²) in [6.45, 7) is 2.22. The van der Waals surface area contributed by atoms with E-state index in [1.165, 1.54) is 60.1 Å². The topological polar surface area (TPSA) is 21.3 Å². The van der Waals surface area contributed by atoms with Gasteiger partial charge in [0.15, 0.2) is 0 Å². The van der Waals surface area contributed by atoms with Gasteiger partial charge in [-0.25, -0.2) is 0 Å². The summed E-state index contributed by atoms with van der Waals surface area (Å²) in [5.74, 6) is 0. The molecule has 13 aromatic rings. The van der Waals surface area contributed by atoms with Crippen molar-refractivity contribution in [3.8, 4) is 39.1 Å². The summed E-state index contributed by atoms with van der Waals surface area (Å²) in [5, 5.41) is 9.83. The van der Waals surface area contributed by atoms with Gasteiger partial charge in [-0.2, -0.15) is 0 Å². The molecule has 0 fully saturated rings. The zero-order valence-corrected chi connectivity index (χ0v) is 36.3. The van der Waals surface area contributed by atoms with Crippen LogP contribution in [0.4, 0.5) is 17.1 Å². The van der Waals surface area contributed by atoms with Crippen LogP contribution in [0.25, 0.3) is 104 Å². The monoisotopic (exact) mass is 842 g/mol. The lowest BCUT2D eigenvalue weighted by Crippen LogP contribution is -2.11. The highest BCUT2D eigenvalue weighted by Gasteiger charge is 2.21. The van der Waals surface area contributed by atoms with Crippen molar-refractivity contribution in [2.24, 2.45) is 0 Å². The van der Waals surface area contributed by atoms with Gasteiger partial charge in [0.1, 0.15) is 11.2 Å². The average molecular weight is 843 g/mol. The summed E-state index contributed by atoms with van der Waals surface area (Å²) in [6.07, 6.45) is 0. The number of nitrogens with zero attached hydrogens (tertiary/aromatic N) is 2. The van der Waals surface area contributed by atoms with Gasteiger partial charge in [0, 0.05) is 50.2 Å². The predicted octanol–water partition coefficient (Wildman–Crippen LogP) is 17.8. The third-order valence-electron chi connectivity index (χ3n) is 13.5. The van der Waals surface area contributed by atoms with Crippen LogP contribution in [0, 0.1) is 6.92 Å². The number of rotatable bonds is 7. The van der Waals surface area contributed by atoms with Crippen LogP contribution in [0.2, 0.25) is 0 Å². The van der Waals surface area contributed by atoms with E-state index in [0.29, 0.717) is 0 Å². The number of benzene rings is 11. The Morgan fingerprint density at radius 3 is 1.92 bits per heavy atom. The van der Waals surface area contributed by atoms with Crippen molar-refractivity contribution in [1.82, 2.24) is 4.57 Å². The maximum Gasteiger partial charge on any atom is 0.137 e. The first-order chi connectivity index (χ1) is 32.6. The standard InChI is InChI=1S/C63H42N2O/c1-41-37-45-17-5-6-20-50(45)53-35-31-44(39-57(41)53)42-29-32-47(33-30-42)64(58-25-10-7-21-51(58)43-15-3-2-4-16-43)48-19-13-18-46(38-48)52-24-14-27-60-63(52)56-23-8-11-26-59(56)65(60)49-34-36-55-54-22-9-12-28-61(54)66-62(55)40-49/h2-40H,1H3. The Kier molecular flexibility index (Phi) is 8.75. The second kappa shape index (κ2) is 15.3. The molecule has 13 rings (SSSR count). The Balaban J connectivity index is 0.955. The van der Waals surface area contributed by atoms with Crippen molar-refractivity contribution in [1.29, 1.82) is 0 Å². The molecule has 0 unspecified atom stereocenters. The number of aryl methyl sites for hydroxylation is 1. The molecule has 0 saturated carbocycles. The molecule has 310 valence electrons. The Morgan fingerprint density at radius 2 is 1.03 bits per heavy atom. The number of anilines is 3. The summed E-state index contributed by atoms with van der Waals surface area (Å²) >= 11 is 0. The molecule has 0 spiro atoms. The van der Waals surface area contributed by atoms with Crippen LogP contribution >= 0.6 is 0 Å². The lowest BCUT2D eigenvalue weighted by Gasteiger charge is -2.28. The molecule has 2 heterocycles. The van der Waals surface area contributed by atoms with Crippen LogP contribution in [0.15, 0.2) is 241 Å². The molecule has 0 aliphatic rings. The Morgan fingerprint density at radius 1 is 0.364 bits per heavy atom. The molecule has 0 aliphatic carbocycles. The summed E-state index contributed by atoms with van der Waals surface area (Å²) in [7, 11) is 0. The third kappa shape index (κ3) is 6.12. The van der Waals surface area contributed by atoms with E-state index >= 15 is 0 Å². The number of para-hydroxylation sites is 3. The summed E-state index contributed by atoms with van der Waals surface area (Å²) in [6, 6.07) is 85.8. The quantitative estimate of drug-likeness (QED) is 0.149. The lowest BCUT2D eigenvalue weighted by atomic mass is 9.94. The fourth-order valence-corrected chi connectivity index (χ4v) is 10.4. The van der Waals surface area contributed by atoms with Crippen molar-refractivity contribution in [3.63, 3.8) is 0 Å². The summed E-state index contributed by atoms with van der Waals surface area (Å²) in [5.41, 5.74) is 16.8. The van der Waals surface area contributed by atoms with Gasteiger partial charge in [0.05, 0.1) is 16.7 Å². The first kappa shape index (κ1) is 37.9. The predicted molar refractivity (Wildman–Crippen MR) is 279 cm³/mol. The smallest absolute Gasteiger partial charge is 0.137 e. The van der Waals surface area contributed by atoms with Crippen LogP contribution in [0.3, 0.4) is 0 Å². The van der Waals surface area contributed by atoms with E-state index in [2.05, 4.69) is 241 Å². The molecule has 0 N–H and O–H groups in total. The second-order valence-corrected chi connectivity index (χ2v) is 17.3. The van der Waals surface area contributed by atoms with Crippen molar-refractivity contribution in [2.45, 2.75) is 6.92 Å². The van der Waals surface area contributed by atoms with Gasteiger partial charge >= 0.3 is 0 Å². The first-order valence-electron chi connectivity index (χ1n) is 22.7. The van der Waals surface area contributed by atoms with E-state index < -0.39 is 0 Å². The highest BCUT2D eigenvalue weighted by Crippen LogP contribution is 2.45. The number of hydrogen-bond donors (Lipinski definition) is 0. The van der Waals surface area contributed by atoms with Crippen molar-refractivity contribution >= 4 is 82.4 Å². The van der Waals surface area contributed by atoms with E-state index in [9.17, 15) is 0 Å². The molecule has 3 heteroatoms. The van der Waals surface area contributed by atoms with Gasteiger partial charge in [-0.15, -0.1) is 0 Å². The molecule has 3 nitrogen and oxygen atoms in total. The number of furan rings is 1. The van der Waals surface area contributed by atoms with E-state index in [4.69, 9.17) is 4.42 Å². The molecule has 11 aromatic carbocycles. The van der Waals surface area contributed by atoms with Crippen molar-refractivity contribution < 1.29 is 4.42 Å². The number of hydrogen-bond acceptors (Lipinski definition) is 2. The maximum absolute atomic E-state index is 6.40. The summed E-state index contributed by atoms with van der Waals surface area (Å²) in [4.78, 5) is 2.41. The van der Waals surface area contributed by atoms with Crippen LogP contribution in [-0.2, 0) is 0 Å². The number of aromatic nitrogens is 1. The molecule has 0 radical (unpaired) electrons. The lowest BCUT2D eigenvalue weighted by molar-refractivity contribution is 0.668. The van der Waals surface area contributed by atoms with Crippen molar-refractivity contribution in [3.05, 3.63) is 242 Å². The molecule has 66 heavy (non-hydrogen) atoms. The Labute approximate surface area is 382 Å². The minimum absolute atomic E-state index is 0.883. The first-order valence-corrected chi connectivity index (χ1v) is 22.7. The fourth-order valence-electron chi connectivity index (χ4n) is 10.4. The van der Waals surface area contributed by atoms with Crippen LogP contribution in [0.1, 0.15) is 5.56 Å². The summed E-state index contributed by atoms with van der Waals surface area (Å²) < 4.78 is 8.78. The van der Waals surface area contributed by atoms with E-state index in [1.807, 2.05) is 12.1 Å². The van der Waals surface area contributed by atoms with Crippen LogP contribution < -0.4 is 4.90 Å². The SMILES string of the molecule is Cc1cc2ccccc2c2ccc(-c3ccc(N(c4cccc(-c5cccc6c5c5ccccc5n6-c5ccc6c(c5)oc5ccccc56)c4)c4ccccc4-c4ccccc4)cc3)cc12. The van der Waals surface area contributed by atoms with Gasteiger partial charge in [0.2, 0.25) is 0 Å². The fraction of sp³-hybridized carbons (Fsp3) is 0.0159. The second-order valence-electron chi connectivity index (χ2n) is 17.3. The number of fused-ring (bicyclic) bond motifs is 9. The van der Waals surface area contributed by atoms with Gasteiger partial charge in [-0.05, 0) is 129 Å². The van der Waals surface area contributed by atoms with Gasteiger partial charge in [-0.3, -0.25) is 0 Å². The van der Waals surface area contributed by atoms with Crippen molar-refractivity contribution in [2.75, 3.05) is 4.90 Å². The van der Waals surface area contributed by atoms with Crippen LogP contribution in [-0.4, -0.2) is 4.57 Å². The molecule has 0 amide bonds. The molecule has 0 aliphatic heterocycles. The van der Waals surface area contributed by atoms with E-state index in [1.54, 1.807) is 0 Å². The normalized spacial score (nSPS) is 11.7. The van der Waals surface area contributed by atoms with E-state index in [0.717, 1.165) is 66.8 Å². The molecular formula is C63H42N2O. The minimum atomic E-state index is 0.883. The third-order valence-corrected chi connectivity index (χ3v) is 13.5. The molecule has 0 saturated heterocycles. The van der Waals surface area contributed by atoms with Gasteiger partial charge < -0.3 is 13.9 Å². The maximum atomic E-state index is 6.40.